The van der Waals surface area contributed by atoms with Gasteiger partial charge >= 0.3 is 0 Å². The van der Waals surface area contributed by atoms with Crippen LogP contribution in [0.3, 0.4) is 0 Å². The van der Waals surface area contributed by atoms with Gasteiger partial charge in [-0.25, -0.2) is 4.98 Å². The number of halogens is 1. The second kappa shape index (κ2) is 13.0. The highest BCUT2D eigenvalue weighted by molar-refractivity contribution is 6.33. The monoisotopic (exact) mass is 670 g/mol. The van der Waals surface area contributed by atoms with Crippen molar-refractivity contribution in [3.63, 3.8) is 0 Å². The molecule has 48 heavy (non-hydrogen) atoms. The molecule has 0 unspecified atom stereocenters. The van der Waals surface area contributed by atoms with Gasteiger partial charge in [0, 0.05) is 68.1 Å². The molecule has 7 rings (SSSR count). The molecule has 0 radical (unpaired) electrons. The van der Waals surface area contributed by atoms with Gasteiger partial charge in [0.15, 0.2) is 5.82 Å². The van der Waals surface area contributed by atoms with E-state index < -0.39 is 5.92 Å². The molecule has 2 aromatic heterocycles. The highest BCUT2D eigenvalue weighted by Crippen LogP contribution is 2.35. The number of hydrogen-bond donors (Lipinski definition) is 4. The molecule has 3 amide bonds. The third-order valence-electron chi connectivity index (χ3n) is 9.58. The molecule has 14 heteroatoms. The van der Waals surface area contributed by atoms with E-state index in [9.17, 15) is 14.4 Å². The molecule has 2 saturated heterocycles. The first-order valence-corrected chi connectivity index (χ1v) is 16.8. The average Bonchev–Trinajstić information content (AvgIpc) is 3.56. The maximum absolute atomic E-state index is 12.6. The molecule has 250 valence electrons. The quantitative estimate of drug-likeness (QED) is 0.194. The molecule has 3 aliphatic heterocycles. The SMILES string of the molecule is CNCCN1C(=O)Cc2cc(Nc3nc(N4CC[C@@H](Nc5ccc6c([C@H]7CCC(=O)NC7=O)nn(C)c6c5)[C@H](C)C4)ncc3Cl)ccc21. The number of imide groups is 1. The fourth-order valence-electron chi connectivity index (χ4n) is 7.01. The average molecular weight is 671 g/mol. The van der Waals surface area contributed by atoms with Crippen molar-refractivity contribution in [2.24, 2.45) is 13.0 Å². The van der Waals surface area contributed by atoms with Gasteiger partial charge in [-0.15, -0.1) is 0 Å². The summed E-state index contributed by atoms with van der Waals surface area (Å²) >= 11 is 6.53. The van der Waals surface area contributed by atoms with E-state index in [4.69, 9.17) is 16.6 Å². The Morgan fingerprint density at radius 3 is 2.71 bits per heavy atom. The summed E-state index contributed by atoms with van der Waals surface area (Å²) in [7, 11) is 3.76. The van der Waals surface area contributed by atoms with Gasteiger partial charge in [-0.3, -0.25) is 24.4 Å². The van der Waals surface area contributed by atoms with Gasteiger partial charge in [0.05, 0.1) is 29.7 Å². The van der Waals surface area contributed by atoms with Crippen LogP contribution >= 0.6 is 11.6 Å². The van der Waals surface area contributed by atoms with E-state index in [0.29, 0.717) is 48.3 Å². The lowest BCUT2D eigenvalue weighted by Crippen LogP contribution is -2.46. The van der Waals surface area contributed by atoms with Crippen molar-refractivity contribution in [3.8, 4) is 0 Å². The van der Waals surface area contributed by atoms with Crippen LogP contribution in [-0.2, 0) is 27.9 Å². The summed E-state index contributed by atoms with van der Waals surface area (Å²) in [5.41, 5.74) is 5.36. The molecule has 4 N–H and O–H groups in total. The summed E-state index contributed by atoms with van der Waals surface area (Å²) in [5.74, 6) is 0.573. The van der Waals surface area contributed by atoms with Crippen molar-refractivity contribution in [1.29, 1.82) is 0 Å². The van der Waals surface area contributed by atoms with Gasteiger partial charge in [0.2, 0.25) is 23.7 Å². The van der Waals surface area contributed by atoms with Gasteiger partial charge < -0.3 is 25.8 Å². The number of anilines is 5. The zero-order valence-electron chi connectivity index (χ0n) is 27.2. The molecular weight excluding hydrogens is 632 g/mol. The lowest BCUT2D eigenvalue weighted by Gasteiger charge is -2.37. The first-order valence-electron chi connectivity index (χ1n) is 16.4. The molecule has 0 spiro atoms. The number of likely N-dealkylation sites (N-methyl/N-ethyl adjacent to an activating group) is 1. The van der Waals surface area contributed by atoms with E-state index in [0.717, 1.165) is 59.6 Å². The predicted molar refractivity (Wildman–Crippen MR) is 186 cm³/mol. The smallest absolute Gasteiger partial charge is 0.235 e. The van der Waals surface area contributed by atoms with Crippen molar-refractivity contribution >= 4 is 69.1 Å². The predicted octanol–water partition coefficient (Wildman–Crippen LogP) is 3.72. The number of nitrogens with one attached hydrogen (secondary N) is 4. The maximum atomic E-state index is 12.6. The molecule has 2 fully saturated rings. The minimum absolute atomic E-state index is 0.100. The first kappa shape index (κ1) is 31.8. The number of nitrogens with zero attached hydrogens (tertiary/aromatic N) is 6. The maximum Gasteiger partial charge on any atom is 0.235 e. The third-order valence-corrected chi connectivity index (χ3v) is 9.86. The van der Waals surface area contributed by atoms with Crippen molar-refractivity contribution in [1.82, 2.24) is 30.4 Å². The van der Waals surface area contributed by atoms with Gasteiger partial charge in [0.25, 0.3) is 0 Å². The highest BCUT2D eigenvalue weighted by atomic mass is 35.5. The molecule has 0 aliphatic carbocycles. The number of carbonyl (C=O) groups is 3. The molecular formula is C34H39ClN10O3. The third kappa shape index (κ3) is 6.15. The van der Waals surface area contributed by atoms with E-state index in [1.165, 1.54) is 0 Å². The Morgan fingerprint density at radius 1 is 1.08 bits per heavy atom. The van der Waals surface area contributed by atoms with Gasteiger partial charge in [0.1, 0.15) is 5.02 Å². The number of aryl methyl sites for hydroxylation is 1. The fourth-order valence-corrected chi connectivity index (χ4v) is 7.15. The molecule has 3 aliphatic rings. The number of hydrogen-bond acceptors (Lipinski definition) is 10. The van der Waals surface area contributed by atoms with E-state index in [-0.39, 0.29) is 29.7 Å². The van der Waals surface area contributed by atoms with Crippen molar-refractivity contribution in [2.75, 3.05) is 53.7 Å². The van der Waals surface area contributed by atoms with Crippen LogP contribution in [0.25, 0.3) is 10.9 Å². The molecule has 5 heterocycles. The Hall–Kier alpha value is -4.75. The molecule has 0 saturated carbocycles. The van der Waals surface area contributed by atoms with Crippen molar-refractivity contribution < 1.29 is 14.4 Å². The summed E-state index contributed by atoms with van der Waals surface area (Å²) in [6.45, 7) is 5.10. The molecule has 0 bridgehead atoms. The molecule has 2 aromatic carbocycles. The lowest BCUT2D eigenvalue weighted by molar-refractivity contribution is -0.134. The lowest BCUT2D eigenvalue weighted by atomic mass is 9.92. The van der Waals surface area contributed by atoms with Gasteiger partial charge in [-0.2, -0.15) is 10.1 Å². The minimum Gasteiger partial charge on any atom is -0.382 e. The van der Waals surface area contributed by atoms with Gasteiger partial charge in [-0.05, 0) is 67.8 Å². The second-order valence-electron chi connectivity index (χ2n) is 12.9. The standard InChI is InChI=1S/C34H39ClN10O3/c1-19-18-44(34-37-17-25(35)32(41-34)39-21-5-8-27-20(14-21)15-30(47)45(27)13-11-36-2)12-10-26(19)38-22-4-6-23-28(16-22)43(3)42-31(23)24-7-9-29(46)40-33(24)48/h4-6,8,14,16-17,19,24,26,36,38H,7,9-13,15,18H2,1-3H3,(H,37,39,41)(H,40,46,48)/t19-,24-,26-/m1/s1. The van der Waals surface area contributed by atoms with E-state index in [1.807, 2.05) is 49.3 Å². The Balaban J connectivity index is 1.01. The number of piperidine rings is 2. The number of carbonyl (C=O) groups excluding carboxylic acids is 3. The number of fused-ring (bicyclic) bond motifs is 2. The summed E-state index contributed by atoms with van der Waals surface area (Å²) in [6, 6.07) is 12.3. The molecule has 4 aromatic rings. The van der Waals surface area contributed by atoms with E-state index in [2.05, 4.69) is 49.2 Å². The Bertz CT molecular complexity index is 1910. The zero-order chi connectivity index (χ0) is 33.5. The Kier molecular flexibility index (Phi) is 8.65. The number of rotatable bonds is 9. The van der Waals surface area contributed by atoms with Crippen LogP contribution in [0, 0.1) is 5.92 Å². The highest BCUT2D eigenvalue weighted by Gasteiger charge is 2.32. The molecule has 3 atom stereocenters. The number of benzene rings is 2. The van der Waals surface area contributed by atoms with Crippen LogP contribution in [-0.4, -0.2) is 76.7 Å². The van der Waals surface area contributed by atoms with Gasteiger partial charge in [-0.1, -0.05) is 18.5 Å². The van der Waals surface area contributed by atoms with Crippen molar-refractivity contribution in [2.45, 2.75) is 44.6 Å². The zero-order valence-corrected chi connectivity index (χ0v) is 28.0. The van der Waals surface area contributed by atoms with Crippen LogP contribution in [0.15, 0.2) is 42.6 Å². The topological polar surface area (TPSA) is 149 Å². The van der Waals surface area contributed by atoms with Crippen LogP contribution in [0.5, 0.6) is 0 Å². The molecule has 13 nitrogen and oxygen atoms in total. The number of amides is 3. The summed E-state index contributed by atoms with van der Waals surface area (Å²) in [4.78, 5) is 50.1. The Labute approximate surface area is 283 Å². The van der Waals surface area contributed by atoms with Crippen molar-refractivity contribution in [3.05, 3.63) is 58.9 Å². The summed E-state index contributed by atoms with van der Waals surface area (Å²) in [5, 5.41) is 18.6. The first-order chi connectivity index (χ1) is 23.2. The van der Waals surface area contributed by atoms with E-state index in [1.54, 1.807) is 10.9 Å². The Morgan fingerprint density at radius 2 is 1.92 bits per heavy atom. The minimum atomic E-state index is -0.432. The van der Waals surface area contributed by atoms with Crippen LogP contribution in [0.4, 0.5) is 28.8 Å². The number of aromatic nitrogens is 4. The normalized spacial score (nSPS) is 21.1. The summed E-state index contributed by atoms with van der Waals surface area (Å²) < 4.78 is 1.80. The van der Waals surface area contributed by atoms with Crippen LogP contribution in [0.2, 0.25) is 5.02 Å². The second-order valence-corrected chi connectivity index (χ2v) is 13.3. The van der Waals surface area contributed by atoms with E-state index >= 15 is 0 Å². The van der Waals surface area contributed by atoms with Crippen LogP contribution < -0.4 is 31.1 Å². The fraction of sp³-hybridized carbons (Fsp3) is 0.412. The van der Waals surface area contributed by atoms with Crippen LogP contribution in [0.1, 0.15) is 43.4 Å². The largest absolute Gasteiger partial charge is 0.382 e. The summed E-state index contributed by atoms with van der Waals surface area (Å²) in [6.07, 6.45) is 3.66.